The molecule has 0 fully saturated rings. The molecule has 0 aliphatic rings. The Morgan fingerprint density at radius 1 is 1.06 bits per heavy atom. The zero-order valence-corrected chi connectivity index (χ0v) is 10.8. The van der Waals surface area contributed by atoms with Crippen molar-refractivity contribution in [3.8, 4) is 11.1 Å². The Morgan fingerprint density at radius 3 is 2.72 bits per heavy atom. The van der Waals surface area contributed by atoms with Crippen molar-refractivity contribution in [1.82, 2.24) is 15.0 Å². The highest BCUT2D eigenvalue weighted by molar-refractivity contribution is 5.82. The summed E-state index contributed by atoms with van der Waals surface area (Å²) >= 11 is 0. The van der Waals surface area contributed by atoms with E-state index in [0.717, 1.165) is 22.6 Å². The molecule has 3 nitrogen and oxygen atoms in total. The van der Waals surface area contributed by atoms with Crippen molar-refractivity contribution < 1.29 is 0 Å². The number of fused-ring (bicyclic) bond motifs is 1. The van der Waals surface area contributed by atoms with Crippen molar-refractivity contribution in [3.63, 3.8) is 0 Å². The predicted octanol–water partition coefficient (Wildman–Crippen LogP) is 3.55. The maximum absolute atomic E-state index is 4.42. The molecular formula is C15H15N3. The first-order chi connectivity index (χ1) is 8.65. The molecule has 1 aromatic carbocycles. The average molecular weight is 237 g/mol. The number of pyridine rings is 1. The van der Waals surface area contributed by atoms with E-state index in [1.807, 2.05) is 20.0 Å². The van der Waals surface area contributed by atoms with Crippen LogP contribution in [0.4, 0.5) is 0 Å². The zero-order valence-electron chi connectivity index (χ0n) is 10.8. The molecule has 0 saturated heterocycles. The Morgan fingerprint density at radius 2 is 1.89 bits per heavy atom. The second-order valence-electron chi connectivity index (χ2n) is 4.62. The normalized spacial score (nSPS) is 11.1. The number of aromatic nitrogens is 3. The first kappa shape index (κ1) is 11.0. The standard InChI is InChI=1S/C15H15N3/c1-9-10(2)16-7-6-13(9)12-4-5-14-15(8-12)18-11(3)17-14/h4-8H,1-3H3,(H,17,18). The van der Waals surface area contributed by atoms with Crippen molar-refractivity contribution in [2.45, 2.75) is 20.8 Å². The lowest BCUT2D eigenvalue weighted by molar-refractivity contribution is 1.15. The molecule has 0 saturated carbocycles. The van der Waals surface area contributed by atoms with Gasteiger partial charge in [-0.15, -0.1) is 0 Å². The van der Waals surface area contributed by atoms with Crippen LogP contribution in [0.5, 0.6) is 0 Å². The van der Waals surface area contributed by atoms with E-state index in [1.165, 1.54) is 16.7 Å². The number of nitrogens with one attached hydrogen (secondary N) is 1. The molecule has 0 spiro atoms. The Labute approximate surface area is 106 Å². The van der Waals surface area contributed by atoms with Gasteiger partial charge in [0, 0.05) is 11.9 Å². The number of aromatic amines is 1. The van der Waals surface area contributed by atoms with Crippen LogP contribution in [0.3, 0.4) is 0 Å². The lowest BCUT2D eigenvalue weighted by Crippen LogP contribution is -1.90. The van der Waals surface area contributed by atoms with Gasteiger partial charge >= 0.3 is 0 Å². The highest BCUT2D eigenvalue weighted by atomic mass is 14.9. The fourth-order valence-electron chi connectivity index (χ4n) is 2.26. The summed E-state index contributed by atoms with van der Waals surface area (Å²) in [5, 5.41) is 0. The van der Waals surface area contributed by atoms with E-state index in [0.29, 0.717) is 0 Å². The molecule has 3 heteroatoms. The van der Waals surface area contributed by atoms with Gasteiger partial charge in [0.1, 0.15) is 5.82 Å². The van der Waals surface area contributed by atoms with Gasteiger partial charge in [0.15, 0.2) is 0 Å². The van der Waals surface area contributed by atoms with Crippen LogP contribution in [0.2, 0.25) is 0 Å². The molecule has 18 heavy (non-hydrogen) atoms. The van der Waals surface area contributed by atoms with Gasteiger partial charge in [-0.25, -0.2) is 4.98 Å². The third-order valence-electron chi connectivity index (χ3n) is 3.37. The molecule has 1 N–H and O–H groups in total. The minimum Gasteiger partial charge on any atom is -0.342 e. The lowest BCUT2D eigenvalue weighted by Gasteiger charge is -2.07. The van der Waals surface area contributed by atoms with Gasteiger partial charge in [0.05, 0.1) is 11.0 Å². The second kappa shape index (κ2) is 3.95. The molecule has 0 aliphatic carbocycles. The molecule has 2 aromatic heterocycles. The third-order valence-corrected chi connectivity index (χ3v) is 3.37. The molecule has 0 unspecified atom stereocenters. The summed E-state index contributed by atoms with van der Waals surface area (Å²) in [6.45, 7) is 6.12. The average Bonchev–Trinajstić information content (AvgIpc) is 2.71. The van der Waals surface area contributed by atoms with Crippen molar-refractivity contribution in [1.29, 1.82) is 0 Å². The van der Waals surface area contributed by atoms with Crippen LogP contribution in [0.1, 0.15) is 17.1 Å². The quantitative estimate of drug-likeness (QED) is 0.703. The molecule has 2 heterocycles. The van der Waals surface area contributed by atoms with E-state index < -0.39 is 0 Å². The molecule has 0 amide bonds. The van der Waals surface area contributed by atoms with E-state index in [2.05, 4.69) is 46.1 Å². The minimum atomic E-state index is 0.949. The molecule has 0 atom stereocenters. The second-order valence-corrected chi connectivity index (χ2v) is 4.62. The van der Waals surface area contributed by atoms with Crippen molar-refractivity contribution in [3.05, 3.63) is 47.5 Å². The van der Waals surface area contributed by atoms with Gasteiger partial charge in [-0.3, -0.25) is 4.98 Å². The van der Waals surface area contributed by atoms with Crippen LogP contribution in [0.15, 0.2) is 30.5 Å². The van der Waals surface area contributed by atoms with Gasteiger partial charge in [0.2, 0.25) is 0 Å². The van der Waals surface area contributed by atoms with Crippen LogP contribution in [0, 0.1) is 20.8 Å². The van der Waals surface area contributed by atoms with Crippen LogP contribution in [-0.2, 0) is 0 Å². The van der Waals surface area contributed by atoms with Crippen LogP contribution in [-0.4, -0.2) is 15.0 Å². The number of aryl methyl sites for hydroxylation is 2. The van der Waals surface area contributed by atoms with Crippen LogP contribution < -0.4 is 0 Å². The van der Waals surface area contributed by atoms with Crippen molar-refractivity contribution >= 4 is 11.0 Å². The number of imidazole rings is 1. The molecule has 3 aromatic rings. The summed E-state index contributed by atoms with van der Waals surface area (Å²) in [5.74, 6) is 0.949. The molecule has 0 bridgehead atoms. The van der Waals surface area contributed by atoms with E-state index >= 15 is 0 Å². The van der Waals surface area contributed by atoms with E-state index in [1.54, 1.807) is 0 Å². The van der Waals surface area contributed by atoms with E-state index in [4.69, 9.17) is 0 Å². The smallest absolute Gasteiger partial charge is 0.104 e. The van der Waals surface area contributed by atoms with Gasteiger partial charge in [-0.1, -0.05) is 6.07 Å². The highest BCUT2D eigenvalue weighted by Crippen LogP contribution is 2.26. The van der Waals surface area contributed by atoms with E-state index in [9.17, 15) is 0 Å². The SMILES string of the molecule is Cc1nc2ccc(-c3ccnc(C)c3C)cc2[nH]1. The zero-order chi connectivity index (χ0) is 12.7. The summed E-state index contributed by atoms with van der Waals surface area (Å²) in [6, 6.07) is 8.39. The summed E-state index contributed by atoms with van der Waals surface area (Å²) in [5.41, 5.74) is 6.84. The summed E-state index contributed by atoms with van der Waals surface area (Å²) in [4.78, 5) is 12.0. The lowest BCUT2D eigenvalue weighted by atomic mass is 10.0. The molecule has 0 radical (unpaired) electrons. The fourth-order valence-corrected chi connectivity index (χ4v) is 2.26. The number of H-pyrrole nitrogens is 1. The first-order valence-electron chi connectivity index (χ1n) is 6.04. The maximum atomic E-state index is 4.42. The number of hydrogen-bond acceptors (Lipinski definition) is 2. The maximum Gasteiger partial charge on any atom is 0.104 e. The summed E-state index contributed by atoms with van der Waals surface area (Å²) < 4.78 is 0. The minimum absolute atomic E-state index is 0.949. The van der Waals surface area contributed by atoms with Gasteiger partial charge < -0.3 is 4.98 Å². The molecule has 0 aliphatic heterocycles. The molecule has 3 rings (SSSR count). The number of benzene rings is 1. The Kier molecular flexibility index (Phi) is 2.40. The first-order valence-corrected chi connectivity index (χ1v) is 6.04. The predicted molar refractivity (Wildman–Crippen MR) is 73.5 cm³/mol. The summed E-state index contributed by atoms with van der Waals surface area (Å²) in [6.07, 6.45) is 1.86. The van der Waals surface area contributed by atoms with Crippen molar-refractivity contribution in [2.24, 2.45) is 0 Å². The highest BCUT2D eigenvalue weighted by Gasteiger charge is 2.06. The monoisotopic (exact) mass is 237 g/mol. The summed E-state index contributed by atoms with van der Waals surface area (Å²) in [7, 11) is 0. The molecular weight excluding hydrogens is 222 g/mol. The van der Waals surface area contributed by atoms with Crippen molar-refractivity contribution in [2.75, 3.05) is 0 Å². The van der Waals surface area contributed by atoms with Gasteiger partial charge in [-0.2, -0.15) is 0 Å². The number of rotatable bonds is 1. The van der Waals surface area contributed by atoms with Crippen LogP contribution >= 0.6 is 0 Å². The van der Waals surface area contributed by atoms with Crippen LogP contribution in [0.25, 0.3) is 22.2 Å². The van der Waals surface area contributed by atoms with E-state index in [-0.39, 0.29) is 0 Å². The fraction of sp³-hybridized carbons (Fsp3) is 0.200. The topological polar surface area (TPSA) is 41.6 Å². The van der Waals surface area contributed by atoms with Gasteiger partial charge in [-0.05, 0) is 55.7 Å². The Bertz CT molecular complexity index is 726. The number of hydrogen-bond donors (Lipinski definition) is 1. The Hall–Kier alpha value is -2.16. The third kappa shape index (κ3) is 1.68. The number of nitrogens with zero attached hydrogens (tertiary/aromatic N) is 2. The molecule has 90 valence electrons. The van der Waals surface area contributed by atoms with Gasteiger partial charge in [0.25, 0.3) is 0 Å². The largest absolute Gasteiger partial charge is 0.342 e. The Balaban J connectivity index is 2.22.